The molecule has 2 aromatic rings. The van der Waals surface area contributed by atoms with E-state index in [1.807, 2.05) is 49.1 Å². The molecule has 3 rings (SSSR count). The average molecular weight is 441 g/mol. The summed E-state index contributed by atoms with van der Waals surface area (Å²) < 4.78 is 16.8. The standard InChI is InChI=1S/C25H32N2O5/c1-19-8-6-9-20(2)25(19)31-17-7-12-23(28)26-13-15-27(16-14-26)24(29)18-32-22-11-5-4-10-21(22)30-3/h4-6,8-11H,7,12-18H2,1-3H3. The van der Waals surface area contributed by atoms with Gasteiger partial charge in [0, 0.05) is 32.6 Å². The maximum absolute atomic E-state index is 12.5. The molecule has 2 aromatic carbocycles. The van der Waals surface area contributed by atoms with E-state index in [9.17, 15) is 9.59 Å². The zero-order valence-corrected chi connectivity index (χ0v) is 19.1. The zero-order chi connectivity index (χ0) is 22.9. The van der Waals surface area contributed by atoms with Gasteiger partial charge in [0.15, 0.2) is 18.1 Å². The van der Waals surface area contributed by atoms with Crippen molar-refractivity contribution >= 4 is 11.8 Å². The summed E-state index contributed by atoms with van der Waals surface area (Å²) in [7, 11) is 1.57. The van der Waals surface area contributed by atoms with Gasteiger partial charge < -0.3 is 24.0 Å². The molecule has 0 aromatic heterocycles. The van der Waals surface area contributed by atoms with Crippen molar-refractivity contribution < 1.29 is 23.8 Å². The lowest BCUT2D eigenvalue weighted by molar-refractivity contribution is -0.140. The number of ether oxygens (including phenoxy) is 3. The van der Waals surface area contributed by atoms with Gasteiger partial charge in [-0.05, 0) is 43.5 Å². The van der Waals surface area contributed by atoms with Gasteiger partial charge in [-0.1, -0.05) is 30.3 Å². The van der Waals surface area contributed by atoms with Crippen molar-refractivity contribution in [3.63, 3.8) is 0 Å². The van der Waals surface area contributed by atoms with Crippen LogP contribution in [0.3, 0.4) is 0 Å². The van der Waals surface area contributed by atoms with Gasteiger partial charge in [0.1, 0.15) is 5.75 Å². The first-order chi connectivity index (χ1) is 15.5. The van der Waals surface area contributed by atoms with Crippen molar-refractivity contribution in [3.8, 4) is 17.2 Å². The summed E-state index contributed by atoms with van der Waals surface area (Å²) in [5, 5.41) is 0. The first-order valence-electron chi connectivity index (χ1n) is 11.0. The molecule has 1 aliphatic rings. The molecule has 32 heavy (non-hydrogen) atoms. The van der Waals surface area contributed by atoms with Crippen LogP contribution in [0.4, 0.5) is 0 Å². The Hall–Kier alpha value is -3.22. The normalized spacial score (nSPS) is 13.6. The average Bonchev–Trinajstić information content (AvgIpc) is 2.81. The van der Waals surface area contributed by atoms with E-state index in [-0.39, 0.29) is 18.4 Å². The van der Waals surface area contributed by atoms with Gasteiger partial charge in [-0.25, -0.2) is 0 Å². The molecule has 7 nitrogen and oxygen atoms in total. The summed E-state index contributed by atoms with van der Waals surface area (Å²) in [6, 6.07) is 13.3. The smallest absolute Gasteiger partial charge is 0.260 e. The number of piperazine rings is 1. The number of aryl methyl sites for hydroxylation is 2. The van der Waals surface area contributed by atoms with Crippen LogP contribution in [0.5, 0.6) is 17.2 Å². The minimum absolute atomic E-state index is 0.0516. The largest absolute Gasteiger partial charge is 0.493 e. The van der Waals surface area contributed by atoms with Crippen LogP contribution in [0, 0.1) is 13.8 Å². The molecule has 1 fully saturated rings. The van der Waals surface area contributed by atoms with Crippen molar-refractivity contribution in [2.24, 2.45) is 0 Å². The van der Waals surface area contributed by atoms with Gasteiger partial charge in [0.05, 0.1) is 13.7 Å². The molecule has 0 radical (unpaired) electrons. The second-order valence-corrected chi connectivity index (χ2v) is 7.87. The van der Waals surface area contributed by atoms with Gasteiger partial charge >= 0.3 is 0 Å². The molecule has 1 heterocycles. The number of hydrogen-bond donors (Lipinski definition) is 0. The Morgan fingerprint density at radius 3 is 2.03 bits per heavy atom. The van der Waals surface area contributed by atoms with Crippen LogP contribution in [0.2, 0.25) is 0 Å². The molecule has 0 N–H and O–H groups in total. The summed E-state index contributed by atoms with van der Waals surface area (Å²) in [6.45, 7) is 6.61. The minimum Gasteiger partial charge on any atom is -0.493 e. The maximum Gasteiger partial charge on any atom is 0.260 e. The number of amides is 2. The first kappa shape index (κ1) is 23.4. The maximum atomic E-state index is 12.5. The van der Waals surface area contributed by atoms with Crippen LogP contribution in [0.1, 0.15) is 24.0 Å². The molecule has 0 aliphatic carbocycles. The SMILES string of the molecule is COc1ccccc1OCC(=O)N1CCN(C(=O)CCCOc2c(C)cccc2C)CC1. The monoisotopic (exact) mass is 440 g/mol. The van der Waals surface area contributed by atoms with Crippen molar-refractivity contribution in [3.05, 3.63) is 53.6 Å². The van der Waals surface area contributed by atoms with E-state index in [0.717, 1.165) is 16.9 Å². The number of hydrogen-bond acceptors (Lipinski definition) is 5. The quantitative estimate of drug-likeness (QED) is 0.560. The molecule has 7 heteroatoms. The summed E-state index contributed by atoms with van der Waals surface area (Å²) >= 11 is 0. The van der Waals surface area contributed by atoms with Crippen LogP contribution in [-0.4, -0.2) is 68.1 Å². The Balaban J connectivity index is 1.36. The molecule has 1 aliphatic heterocycles. The van der Waals surface area contributed by atoms with Gasteiger partial charge in [-0.15, -0.1) is 0 Å². The van der Waals surface area contributed by atoms with E-state index in [4.69, 9.17) is 14.2 Å². The van der Waals surface area contributed by atoms with E-state index >= 15 is 0 Å². The van der Waals surface area contributed by atoms with E-state index in [2.05, 4.69) is 0 Å². The number of para-hydroxylation sites is 3. The highest BCUT2D eigenvalue weighted by Gasteiger charge is 2.24. The van der Waals surface area contributed by atoms with Crippen molar-refractivity contribution in [1.29, 1.82) is 0 Å². The summed E-state index contributed by atoms with van der Waals surface area (Å²) in [5.41, 5.74) is 2.21. The first-order valence-corrected chi connectivity index (χ1v) is 11.0. The predicted octanol–water partition coefficient (Wildman–Crippen LogP) is 3.22. The van der Waals surface area contributed by atoms with Gasteiger partial charge in [0.2, 0.25) is 5.91 Å². The minimum atomic E-state index is -0.0926. The van der Waals surface area contributed by atoms with E-state index < -0.39 is 0 Å². The second-order valence-electron chi connectivity index (χ2n) is 7.87. The molecule has 0 atom stereocenters. The lowest BCUT2D eigenvalue weighted by atomic mass is 10.1. The summed E-state index contributed by atoms with van der Waals surface area (Å²) in [4.78, 5) is 28.6. The highest BCUT2D eigenvalue weighted by molar-refractivity contribution is 5.79. The number of benzene rings is 2. The topological polar surface area (TPSA) is 68.3 Å². The van der Waals surface area contributed by atoms with Crippen LogP contribution >= 0.6 is 0 Å². The van der Waals surface area contributed by atoms with Crippen LogP contribution in [0.15, 0.2) is 42.5 Å². The third-order valence-electron chi connectivity index (χ3n) is 5.60. The van der Waals surface area contributed by atoms with Crippen LogP contribution < -0.4 is 14.2 Å². The molecule has 2 amide bonds. The third kappa shape index (κ3) is 6.15. The summed E-state index contributed by atoms with van der Waals surface area (Å²) in [5.74, 6) is 2.05. The predicted molar refractivity (Wildman–Crippen MR) is 122 cm³/mol. The van der Waals surface area contributed by atoms with Crippen molar-refractivity contribution in [2.45, 2.75) is 26.7 Å². The Labute approximate surface area is 189 Å². The molecule has 0 bridgehead atoms. The summed E-state index contributed by atoms with van der Waals surface area (Å²) in [6.07, 6.45) is 1.11. The van der Waals surface area contributed by atoms with Gasteiger partial charge in [-0.3, -0.25) is 9.59 Å². The molecule has 172 valence electrons. The molecule has 0 unspecified atom stereocenters. The van der Waals surface area contributed by atoms with E-state index in [0.29, 0.717) is 57.1 Å². The number of rotatable bonds is 9. The zero-order valence-electron chi connectivity index (χ0n) is 19.1. The Morgan fingerprint density at radius 1 is 0.812 bits per heavy atom. The van der Waals surface area contributed by atoms with Crippen molar-refractivity contribution in [1.82, 2.24) is 9.80 Å². The number of nitrogens with zero attached hydrogens (tertiary/aromatic N) is 2. The van der Waals surface area contributed by atoms with Crippen LogP contribution in [0.25, 0.3) is 0 Å². The highest BCUT2D eigenvalue weighted by atomic mass is 16.5. The fourth-order valence-corrected chi connectivity index (χ4v) is 3.76. The lowest BCUT2D eigenvalue weighted by Gasteiger charge is -2.34. The number of methoxy groups -OCH3 is 1. The fraction of sp³-hybridized carbons (Fsp3) is 0.440. The Bertz CT molecular complexity index is 902. The molecule has 0 spiro atoms. The van der Waals surface area contributed by atoms with Gasteiger partial charge in [-0.2, -0.15) is 0 Å². The molecular formula is C25H32N2O5. The van der Waals surface area contributed by atoms with Crippen LogP contribution in [-0.2, 0) is 9.59 Å². The van der Waals surface area contributed by atoms with E-state index in [1.165, 1.54) is 0 Å². The highest BCUT2D eigenvalue weighted by Crippen LogP contribution is 2.26. The molecule has 0 saturated carbocycles. The number of carbonyl (C=O) groups excluding carboxylic acids is 2. The molecular weight excluding hydrogens is 408 g/mol. The van der Waals surface area contributed by atoms with Gasteiger partial charge in [0.25, 0.3) is 5.91 Å². The lowest BCUT2D eigenvalue weighted by Crippen LogP contribution is -2.51. The second kappa shape index (κ2) is 11.4. The molecule has 1 saturated heterocycles. The fourth-order valence-electron chi connectivity index (χ4n) is 3.76. The Kier molecular flexibility index (Phi) is 8.36. The number of carbonyl (C=O) groups is 2. The Morgan fingerprint density at radius 2 is 1.41 bits per heavy atom. The van der Waals surface area contributed by atoms with Crippen molar-refractivity contribution in [2.75, 3.05) is 46.5 Å². The van der Waals surface area contributed by atoms with E-state index in [1.54, 1.807) is 24.1 Å². The third-order valence-corrected chi connectivity index (χ3v) is 5.60.